The van der Waals surface area contributed by atoms with Crippen LogP contribution in [0.5, 0.6) is 0 Å². The molecule has 0 radical (unpaired) electrons. The number of aromatic nitrogens is 1. The standard InChI is InChI=1S/C16H20N4O2/c1-16(2,3)22-15(21)20-9-8-19-14-12(10-17)5-4-11-6-7-18-13(11)14/h4-7,18-19H,8-9H2,1-3H3,(H,20,21). The summed E-state index contributed by atoms with van der Waals surface area (Å²) in [5.41, 5.74) is 1.68. The first-order chi connectivity index (χ1) is 10.4. The van der Waals surface area contributed by atoms with Crippen molar-refractivity contribution in [1.82, 2.24) is 10.3 Å². The van der Waals surface area contributed by atoms with Gasteiger partial charge >= 0.3 is 6.09 Å². The molecule has 1 heterocycles. The molecule has 0 aliphatic rings. The average Bonchev–Trinajstić information content (AvgIpc) is 2.90. The Balaban J connectivity index is 1.94. The van der Waals surface area contributed by atoms with Gasteiger partial charge < -0.3 is 20.4 Å². The molecule has 1 aromatic heterocycles. The molecule has 1 aromatic carbocycles. The average molecular weight is 300 g/mol. The van der Waals surface area contributed by atoms with Gasteiger partial charge in [0.1, 0.15) is 11.7 Å². The first-order valence-corrected chi connectivity index (χ1v) is 7.11. The lowest BCUT2D eigenvalue weighted by Crippen LogP contribution is -2.35. The second kappa shape index (κ2) is 6.39. The smallest absolute Gasteiger partial charge is 0.407 e. The summed E-state index contributed by atoms with van der Waals surface area (Å²) in [6.07, 6.45) is 1.38. The van der Waals surface area contributed by atoms with Crippen molar-refractivity contribution in [1.29, 1.82) is 5.26 Å². The summed E-state index contributed by atoms with van der Waals surface area (Å²) >= 11 is 0. The summed E-state index contributed by atoms with van der Waals surface area (Å²) in [4.78, 5) is 14.7. The Morgan fingerprint density at radius 2 is 2.09 bits per heavy atom. The highest BCUT2D eigenvalue weighted by Crippen LogP contribution is 2.25. The molecular formula is C16H20N4O2. The van der Waals surface area contributed by atoms with Gasteiger partial charge in [-0.15, -0.1) is 0 Å². The molecule has 0 aliphatic carbocycles. The van der Waals surface area contributed by atoms with E-state index >= 15 is 0 Å². The van der Waals surface area contributed by atoms with Gasteiger partial charge in [0.2, 0.25) is 0 Å². The minimum Gasteiger partial charge on any atom is -0.444 e. The van der Waals surface area contributed by atoms with E-state index in [1.165, 1.54) is 0 Å². The van der Waals surface area contributed by atoms with Crippen molar-refractivity contribution < 1.29 is 9.53 Å². The molecule has 0 saturated heterocycles. The monoisotopic (exact) mass is 300 g/mol. The highest BCUT2D eigenvalue weighted by Gasteiger charge is 2.15. The summed E-state index contributed by atoms with van der Waals surface area (Å²) in [6.45, 7) is 6.34. The maximum Gasteiger partial charge on any atom is 0.407 e. The molecule has 0 fully saturated rings. The molecule has 2 rings (SSSR count). The van der Waals surface area contributed by atoms with Gasteiger partial charge in [0, 0.05) is 24.7 Å². The summed E-state index contributed by atoms with van der Waals surface area (Å²) in [5.74, 6) is 0. The third kappa shape index (κ3) is 3.92. The largest absolute Gasteiger partial charge is 0.444 e. The van der Waals surface area contributed by atoms with Crippen LogP contribution in [0.25, 0.3) is 10.9 Å². The summed E-state index contributed by atoms with van der Waals surface area (Å²) in [6, 6.07) is 7.78. The SMILES string of the molecule is CC(C)(C)OC(=O)NCCNc1c(C#N)ccc2cc[nH]c12. The zero-order chi connectivity index (χ0) is 16.2. The molecule has 1 amide bonds. The Hall–Kier alpha value is -2.68. The topological polar surface area (TPSA) is 89.9 Å². The van der Waals surface area contributed by atoms with E-state index in [1.807, 2.05) is 39.1 Å². The van der Waals surface area contributed by atoms with Crippen LogP contribution in [0.2, 0.25) is 0 Å². The van der Waals surface area contributed by atoms with Crippen LogP contribution in [-0.4, -0.2) is 29.8 Å². The van der Waals surface area contributed by atoms with Gasteiger partial charge in [-0.05, 0) is 32.9 Å². The summed E-state index contributed by atoms with van der Waals surface area (Å²) in [5, 5.41) is 16.1. The second-order valence-electron chi connectivity index (χ2n) is 5.90. The van der Waals surface area contributed by atoms with Gasteiger partial charge in [-0.2, -0.15) is 5.26 Å². The number of anilines is 1. The predicted octanol–water partition coefficient (Wildman–Crippen LogP) is 2.98. The number of fused-ring (bicyclic) bond motifs is 1. The fourth-order valence-corrected chi connectivity index (χ4v) is 2.07. The maximum absolute atomic E-state index is 11.5. The minimum absolute atomic E-state index is 0.400. The summed E-state index contributed by atoms with van der Waals surface area (Å²) in [7, 11) is 0. The van der Waals surface area contributed by atoms with Gasteiger partial charge in [0.05, 0.1) is 16.8 Å². The van der Waals surface area contributed by atoms with E-state index in [0.717, 1.165) is 16.6 Å². The van der Waals surface area contributed by atoms with Crippen molar-refractivity contribution in [2.45, 2.75) is 26.4 Å². The Kier molecular flexibility index (Phi) is 4.56. The highest BCUT2D eigenvalue weighted by atomic mass is 16.6. The Morgan fingerprint density at radius 3 is 2.77 bits per heavy atom. The fraction of sp³-hybridized carbons (Fsp3) is 0.375. The molecule has 0 saturated carbocycles. The maximum atomic E-state index is 11.5. The second-order valence-corrected chi connectivity index (χ2v) is 5.90. The Morgan fingerprint density at radius 1 is 1.32 bits per heavy atom. The van der Waals surface area contributed by atoms with Crippen LogP contribution in [0, 0.1) is 11.3 Å². The lowest BCUT2D eigenvalue weighted by molar-refractivity contribution is 0.0530. The van der Waals surface area contributed by atoms with E-state index in [2.05, 4.69) is 21.7 Å². The molecule has 0 atom stereocenters. The number of hydrogen-bond donors (Lipinski definition) is 3. The summed E-state index contributed by atoms with van der Waals surface area (Å²) < 4.78 is 5.16. The van der Waals surface area contributed by atoms with Crippen LogP contribution in [0.1, 0.15) is 26.3 Å². The lowest BCUT2D eigenvalue weighted by Gasteiger charge is -2.19. The number of nitriles is 1. The van der Waals surface area contributed by atoms with Crippen LogP contribution in [0.4, 0.5) is 10.5 Å². The molecule has 6 heteroatoms. The molecular weight excluding hydrogens is 280 g/mol. The Labute approximate surface area is 129 Å². The first-order valence-electron chi connectivity index (χ1n) is 7.11. The number of hydrogen-bond acceptors (Lipinski definition) is 4. The molecule has 0 spiro atoms. The van der Waals surface area contributed by atoms with Gasteiger partial charge in [-0.3, -0.25) is 0 Å². The highest BCUT2D eigenvalue weighted by molar-refractivity contribution is 5.94. The number of ether oxygens (including phenoxy) is 1. The fourth-order valence-electron chi connectivity index (χ4n) is 2.07. The number of carbonyl (C=O) groups is 1. The number of H-pyrrole nitrogens is 1. The molecule has 22 heavy (non-hydrogen) atoms. The number of carbonyl (C=O) groups excluding carboxylic acids is 1. The van der Waals surface area contributed by atoms with Crippen LogP contribution in [-0.2, 0) is 4.74 Å². The van der Waals surface area contributed by atoms with Crippen LogP contribution in [0.15, 0.2) is 24.4 Å². The van der Waals surface area contributed by atoms with Crippen molar-refractivity contribution in [3.63, 3.8) is 0 Å². The molecule has 0 aliphatic heterocycles. The zero-order valence-electron chi connectivity index (χ0n) is 13.0. The van der Waals surface area contributed by atoms with Crippen LogP contribution in [0.3, 0.4) is 0 Å². The van der Waals surface area contributed by atoms with E-state index in [9.17, 15) is 10.1 Å². The lowest BCUT2D eigenvalue weighted by atomic mass is 10.1. The number of benzene rings is 1. The molecule has 116 valence electrons. The van der Waals surface area contributed by atoms with Gasteiger partial charge in [0.15, 0.2) is 0 Å². The van der Waals surface area contributed by atoms with Crippen LogP contribution < -0.4 is 10.6 Å². The van der Waals surface area contributed by atoms with Crippen LogP contribution >= 0.6 is 0 Å². The number of amides is 1. The molecule has 2 aromatic rings. The van der Waals surface area contributed by atoms with Gasteiger partial charge in [0.25, 0.3) is 0 Å². The number of alkyl carbamates (subject to hydrolysis) is 1. The molecule has 3 N–H and O–H groups in total. The number of nitrogens with one attached hydrogen (secondary N) is 3. The van der Waals surface area contributed by atoms with Crippen molar-refractivity contribution >= 4 is 22.7 Å². The normalized spacial score (nSPS) is 11.0. The van der Waals surface area contributed by atoms with Crippen molar-refractivity contribution in [3.05, 3.63) is 30.0 Å². The van der Waals surface area contributed by atoms with E-state index in [4.69, 9.17) is 4.74 Å². The molecule has 0 unspecified atom stereocenters. The van der Waals surface area contributed by atoms with Crippen molar-refractivity contribution in [2.75, 3.05) is 18.4 Å². The minimum atomic E-state index is -0.513. The molecule has 0 bridgehead atoms. The number of aromatic amines is 1. The third-order valence-electron chi connectivity index (χ3n) is 2.94. The number of rotatable bonds is 4. The zero-order valence-corrected chi connectivity index (χ0v) is 13.0. The van der Waals surface area contributed by atoms with E-state index in [1.54, 1.807) is 6.07 Å². The van der Waals surface area contributed by atoms with E-state index in [0.29, 0.717) is 18.7 Å². The predicted molar refractivity (Wildman–Crippen MR) is 85.7 cm³/mol. The quantitative estimate of drug-likeness (QED) is 0.757. The van der Waals surface area contributed by atoms with E-state index in [-0.39, 0.29) is 0 Å². The first kappa shape index (κ1) is 15.7. The van der Waals surface area contributed by atoms with Crippen molar-refractivity contribution in [2.24, 2.45) is 0 Å². The molecule has 6 nitrogen and oxygen atoms in total. The number of nitrogens with zero attached hydrogens (tertiary/aromatic N) is 1. The van der Waals surface area contributed by atoms with Crippen molar-refractivity contribution in [3.8, 4) is 6.07 Å². The Bertz CT molecular complexity index is 707. The third-order valence-corrected chi connectivity index (χ3v) is 2.94. The van der Waals surface area contributed by atoms with Gasteiger partial charge in [-0.1, -0.05) is 6.07 Å². The van der Waals surface area contributed by atoms with E-state index < -0.39 is 11.7 Å². The van der Waals surface area contributed by atoms with Gasteiger partial charge in [-0.25, -0.2) is 4.79 Å².